The minimum Gasteiger partial charge on any atom is -0.396 e. The first kappa shape index (κ1) is 22.9. The number of hydrogen-bond donors (Lipinski definition) is 1. The predicted molar refractivity (Wildman–Crippen MR) is 127 cm³/mol. The predicted octanol–water partition coefficient (Wildman–Crippen LogP) is 6.36. The molecule has 5 unspecified atom stereocenters. The van der Waals surface area contributed by atoms with Crippen LogP contribution in [0.15, 0.2) is 12.4 Å². The Morgan fingerprint density at radius 2 is 1.77 bits per heavy atom. The van der Waals surface area contributed by atoms with Crippen molar-refractivity contribution in [3.8, 4) is 0 Å². The molecular formula is C27H45N3O. The Labute approximate surface area is 189 Å². The Kier molecular flexibility index (Phi) is 6.31. The van der Waals surface area contributed by atoms with E-state index in [1.165, 1.54) is 51.4 Å². The zero-order valence-corrected chi connectivity index (χ0v) is 20.6. The van der Waals surface area contributed by atoms with Crippen molar-refractivity contribution in [2.75, 3.05) is 5.73 Å². The van der Waals surface area contributed by atoms with Gasteiger partial charge in [0.25, 0.3) is 0 Å². The van der Waals surface area contributed by atoms with Crippen LogP contribution in [0.25, 0.3) is 0 Å². The molecule has 4 heteroatoms. The van der Waals surface area contributed by atoms with Gasteiger partial charge in [0.05, 0.1) is 18.4 Å². The molecule has 174 valence electrons. The van der Waals surface area contributed by atoms with E-state index in [1.54, 1.807) is 17.1 Å². The molecule has 4 fully saturated rings. The summed E-state index contributed by atoms with van der Waals surface area (Å²) in [6.45, 7) is 11.9. The highest BCUT2D eigenvalue weighted by molar-refractivity contribution is 5.82. The second-order valence-corrected chi connectivity index (χ2v) is 11.6. The largest absolute Gasteiger partial charge is 0.396 e. The van der Waals surface area contributed by atoms with Crippen molar-refractivity contribution < 1.29 is 4.79 Å². The van der Waals surface area contributed by atoms with Crippen LogP contribution in [0.5, 0.6) is 0 Å². The summed E-state index contributed by atoms with van der Waals surface area (Å²) in [6.07, 6.45) is 15.5. The standard InChI is InChI=1S/C25H39N3O.C2H6/c1-16-8-10-24(2)17(12-16)4-5-19-20-6-7-22(25(20,3)11-9-21(19)24)23(29)15-28-14-18(26)13-27-28;1-2/h13-14,16-17,19-22H,4-12,15,26H2,1-3H3;1-2H3/t16-,17?,19-,20?,21?,22+,24?,25?;/m0./s1. The summed E-state index contributed by atoms with van der Waals surface area (Å²) in [5, 5.41) is 4.25. The van der Waals surface area contributed by atoms with E-state index in [2.05, 4.69) is 25.9 Å². The van der Waals surface area contributed by atoms with Gasteiger partial charge in [-0.1, -0.05) is 41.0 Å². The molecule has 5 rings (SSSR count). The fourth-order valence-corrected chi connectivity index (χ4v) is 8.74. The molecule has 1 aromatic rings. The Morgan fingerprint density at radius 3 is 2.48 bits per heavy atom. The van der Waals surface area contributed by atoms with Crippen LogP contribution >= 0.6 is 0 Å². The SMILES string of the molecule is CC.C[C@H]1CCC2(C)C(CC[C@@H]3C2CCC2(C)C3CC[C@@H]2C(=O)Cn2cc(N)cn2)C1. The Hall–Kier alpha value is -1.32. The van der Waals surface area contributed by atoms with Crippen LogP contribution in [0, 0.1) is 46.3 Å². The number of ketones is 1. The van der Waals surface area contributed by atoms with Gasteiger partial charge in [-0.15, -0.1) is 0 Å². The molecule has 4 saturated carbocycles. The fraction of sp³-hybridized carbons (Fsp3) is 0.852. The maximum absolute atomic E-state index is 13.3. The van der Waals surface area contributed by atoms with Gasteiger partial charge in [-0.2, -0.15) is 5.10 Å². The number of rotatable bonds is 3. The lowest BCUT2D eigenvalue weighted by Gasteiger charge is -2.61. The second kappa shape index (κ2) is 8.56. The van der Waals surface area contributed by atoms with Gasteiger partial charge in [0.1, 0.15) is 0 Å². The molecule has 4 aliphatic carbocycles. The van der Waals surface area contributed by atoms with E-state index in [9.17, 15) is 4.79 Å². The van der Waals surface area contributed by atoms with Gasteiger partial charge < -0.3 is 5.73 Å². The topological polar surface area (TPSA) is 60.9 Å². The summed E-state index contributed by atoms with van der Waals surface area (Å²) in [5.41, 5.74) is 7.19. The molecule has 0 spiro atoms. The summed E-state index contributed by atoms with van der Waals surface area (Å²) >= 11 is 0. The van der Waals surface area contributed by atoms with Crippen molar-refractivity contribution in [2.24, 2.45) is 46.3 Å². The summed E-state index contributed by atoms with van der Waals surface area (Å²) in [7, 11) is 0. The normalized spacial score (nSPS) is 43.8. The lowest BCUT2D eigenvalue weighted by Crippen LogP contribution is -2.53. The van der Waals surface area contributed by atoms with Crippen LogP contribution in [-0.4, -0.2) is 15.6 Å². The monoisotopic (exact) mass is 427 g/mol. The van der Waals surface area contributed by atoms with Crippen LogP contribution in [0.4, 0.5) is 5.69 Å². The number of anilines is 1. The van der Waals surface area contributed by atoms with Crippen molar-refractivity contribution in [3.63, 3.8) is 0 Å². The van der Waals surface area contributed by atoms with E-state index < -0.39 is 0 Å². The second-order valence-electron chi connectivity index (χ2n) is 11.6. The van der Waals surface area contributed by atoms with E-state index in [0.29, 0.717) is 23.4 Å². The average Bonchev–Trinajstić information content (AvgIpc) is 3.32. The van der Waals surface area contributed by atoms with Crippen LogP contribution in [-0.2, 0) is 11.3 Å². The Balaban J connectivity index is 0.00000112. The average molecular weight is 428 g/mol. The first-order valence-corrected chi connectivity index (χ1v) is 13.1. The van der Waals surface area contributed by atoms with Crippen molar-refractivity contribution in [1.82, 2.24) is 9.78 Å². The minimum absolute atomic E-state index is 0.197. The smallest absolute Gasteiger partial charge is 0.157 e. The maximum atomic E-state index is 13.3. The molecule has 0 aliphatic heterocycles. The molecule has 0 saturated heterocycles. The third-order valence-electron chi connectivity index (χ3n) is 10.3. The Bertz CT molecular complexity index is 787. The van der Waals surface area contributed by atoms with E-state index in [1.807, 2.05) is 13.8 Å². The molecule has 1 aromatic heterocycles. The third kappa shape index (κ3) is 3.76. The molecule has 2 N–H and O–H groups in total. The molecule has 8 atom stereocenters. The maximum Gasteiger partial charge on any atom is 0.157 e. The number of nitrogens with zero attached hydrogens (tertiary/aromatic N) is 2. The highest BCUT2D eigenvalue weighted by atomic mass is 16.1. The summed E-state index contributed by atoms with van der Waals surface area (Å²) in [6, 6.07) is 0. The van der Waals surface area contributed by atoms with Gasteiger partial charge in [0.2, 0.25) is 0 Å². The molecule has 4 aliphatic rings. The fourth-order valence-electron chi connectivity index (χ4n) is 8.74. The van der Waals surface area contributed by atoms with Gasteiger partial charge in [-0.05, 0) is 91.8 Å². The van der Waals surface area contributed by atoms with Crippen LogP contribution in [0.3, 0.4) is 0 Å². The number of nitrogen functional groups attached to an aromatic ring is 1. The van der Waals surface area contributed by atoms with Gasteiger partial charge in [-0.25, -0.2) is 0 Å². The van der Waals surface area contributed by atoms with Crippen molar-refractivity contribution in [2.45, 2.75) is 99.0 Å². The number of aromatic nitrogens is 2. The number of fused-ring (bicyclic) bond motifs is 5. The molecule has 0 amide bonds. The zero-order chi connectivity index (χ0) is 22.4. The third-order valence-corrected chi connectivity index (χ3v) is 10.3. The van der Waals surface area contributed by atoms with E-state index >= 15 is 0 Å². The molecule has 31 heavy (non-hydrogen) atoms. The summed E-state index contributed by atoms with van der Waals surface area (Å²) < 4.78 is 1.73. The number of carbonyl (C=O) groups excluding carboxylic acids is 1. The van der Waals surface area contributed by atoms with Gasteiger partial charge in [0, 0.05) is 12.1 Å². The van der Waals surface area contributed by atoms with Crippen molar-refractivity contribution >= 4 is 11.5 Å². The van der Waals surface area contributed by atoms with E-state index in [-0.39, 0.29) is 11.3 Å². The van der Waals surface area contributed by atoms with Crippen LogP contribution < -0.4 is 5.73 Å². The Morgan fingerprint density at radius 1 is 1.06 bits per heavy atom. The van der Waals surface area contributed by atoms with E-state index in [0.717, 1.165) is 36.0 Å². The summed E-state index contributed by atoms with van der Waals surface area (Å²) in [4.78, 5) is 13.3. The first-order chi connectivity index (χ1) is 14.8. The lowest BCUT2D eigenvalue weighted by molar-refractivity contribution is -0.137. The number of carbonyl (C=O) groups is 1. The summed E-state index contributed by atoms with van der Waals surface area (Å²) in [5.74, 6) is 4.94. The first-order valence-electron chi connectivity index (χ1n) is 13.1. The zero-order valence-electron chi connectivity index (χ0n) is 20.6. The van der Waals surface area contributed by atoms with Gasteiger partial charge in [0.15, 0.2) is 5.78 Å². The van der Waals surface area contributed by atoms with Crippen molar-refractivity contribution in [1.29, 1.82) is 0 Å². The molecule has 1 heterocycles. The number of nitrogens with two attached hydrogens (primary N) is 1. The highest BCUT2D eigenvalue weighted by Crippen LogP contribution is 2.67. The molecule has 0 radical (unpaired) electrons. The molecule has 4 nitrogen and oxygen atoms in total. The molecule has 0 bridgehead atoms. The lowest BCUT2D eigenvalue weighted by atomic mass is 9.44. The number of Topliss-reactive ketones (excluding diaryl/α,β-unsaturated/α-hetero) is 1. The van der Waals surface area contributed by atoms with Gasteiger partial charge in [-0.3, -0.25) is 9.48 Å². The van der Waals surface area contributed by atoms with Crippen LogP contribution in [0.1, 0.15) is 92.4 Å². The number of hydrogen-bond acceptors (Lipinski definition) is 3. The quantitative estimate of drug-likeness (QED) is 0.611. The van der Waals surface area contributed by atoms with Gasteiger partial charge >= 0.3 is 0 Å². The highest BCUT2D eigenvalue weighted by Gasteiger charge is 2.60. The van der Waals surface area contributed by atoms with Crippen molar-refractivity contribution in [3.05, 3.63) is 12.4 Å². The molecular weight excluding hydrogens is 382 g/mol. The minimum atomic E-state index is 0.197. The van der Waals surface area contributed by atoms with Crippen LogP contribution in [0.2, 0.25) is 0 Å². The molecule has 0 aromatic carbocycles. The van der Waals surface area contributed by atoms with E-state index in [4.69, 9.17) is 5.73 Å².